The van der Waals surface area contributed by atoms with Crippen molar-refractivity contribution in [2.75, 3.05) is 32.1 Å². The fourth-order valence-electron chi connectivity index (χ4n) is 4.31. The molecule has 3 aromatic carbocycles. The molecule has 7 heteroatoms. The van der Waals surface area contributed by atoms with E-state index < -0.39 is 10.0 Å². The molecule has 33 heavy (non-hydrogen) atoms. The van der Waals surface area contributed by atoms with Crippen molar-refractivity contribution in [3.05, 3.63) is 71.8 Å². The van der Waals surface area contributed by atoms with Gasteiger partial charge in [0.2, 0.25) is 10.0 Å². The summed E-state index contributed by atoms with van der Waals surface area (Å²) in [6, 6.07) is 18.9. The second-order valence-corrected chi connectivity index (χ2v) is 11.0. The average Bonchev–Trinajstić information content (AvgIpc) is 2.83. The molecule has 4 rings (SSSR count). The molecular formula is C26H31N3O3S. The van der Waals surface area contributed by atoms with Crippen molar-refractivity contribution in [1.29, 1.82) is 0 Å². The Labute approximate surface area is 196 Å². The number of benzene rings is 3. The van der Waals surface area contributed by atoms with Crippen molar-refractivity contribution in [3.63, 3.8) is 0 Å². The molecule has 1 aliphatic rings. The number of rotatable bonds is 6. The number of anilines is 1. The van der Waals surface area contributed by atoms with Crippen molar-refractivity contribution >= 4 is 32.4 Å². The molecule has 1 heterocycles. The minimum Gasteiger partial charge on any atom is -0.371 e. The summed E-state index contributed by atoms with van der Waals surface area (Å²) >= 11 is 0. The molecule has 3 aromatic rings. The van der Waals surface area contributed by atoms with Gasteiger partial charge in [0, 0.05) is 32.9 Å². The molecule has 1 N–H and O–H groups in total. The Bertz CT molecular complexity index is 1260. The molecule has 0 aliphatic carbocycles. The minimum atomic E-state index is -3.65. The summed E-state index contributed by atoms with van der Waals surface area (Å²) in [5, 5.41) is 5.35. The van der Waals surface area contributed by atoms with E-state index >= 15 is 0 Å². The van der Waals surface area contributed by atoms with Crippen molar-refractivity contribution in [2.24, 2.45) is 0 Å². The first kappa shape index (κ1) is 23.3. The summed E-state index contributed by atoms with van der Waals surface area (Å²) in [7, 11) is -0.660. The van der Waals surface area contributed by atoms with Crippen LogP contribution >= 0.6 is 0 Å². The van der Waals surface area contributed by atoms with Crippen LogP contribution in [0.1, 0.15) is 48.1 Å². The smallest absolute Gasteiger partial charge is 0.253 e. The van der Waals surface area contributed by atoms with Crippen LogP contribution in [-0.2, 0) is 10.0 Å². The molecule has 1 aliphatic heterocycles. The lowest BCUT2D eigenvalue weighted by Gasteiger charge is -2.31. The van der Waals surface area contributed by atoms with Gasteiger partial charge in [-0.2, -0.15) is 0 Å². The van der Waals surface area contributed by atoms with Gasteiger partial charge in [0.25, 0.3) is 5.91 Å². The van der Waals surface area contributed by atoms with Crippen molar-refractivity contribution < 1.29 is 13.2 Å². The first-order valence-electron chi connectivity index (χ1n) is 11.4. The maximum atomic E-state index is 13.5. The van der Waals surface area contributed by atoms with Gasteiger partial charge in [-0.1, -0.05) is 36.4 Å². The van der Waals surface area contributed by atoms with Crippen LogP contribution < -0.4 is 10.2 Å². The molecule has 1 saturated heterocycles. The Morgan fingerprint density at radius 2 is 1.64 bits per heavy atom. The lowest BCUT2D eigenvalue weighted by Crippen LogP contribution is -2.34. The standard InChI is InChI=1S/C26H31N3O3S/c1-19(21-12-11-20-9-5-6-10-22(20)17-21)27-26(30)24-18-23(33(31,32)28(2)3)13-14-25(24)29-15-7-4-8-16-29/h5-6,9-14,17-19H,4,7-8,15-16H2,1-3H3,(H,27,30). The van der Waals surface area contributed by atoms with E-state index in [-0.39, 0.29) is 16.8 Å². The highest BCUT2D eigenvalue weighted by molar-refractivity contribution is 7.89. The maximum Gasteiger partial charge on any atom is 0.253 e. The third-order valence-corrected chi connectivity index (χ3v) is 8.12. The molecule has 0 bridgehead atoms. The van der Waals surface area contributed by atoms with Gasteiger partial charge in [-0.15, -0.1) is 0 Å². The number of sulfonamides is 1. The molecule has 6 nitrogen and oxygen atoms in total. The van der Waals surface area contributed by atoms with Crippen molar-refractivity contribution in [3.8, 4) is 0 Å². The third-order valence-electron chi connectivity index (χ3n) is 6.31. The van der Waals surface area contributed by atoms with Crippen LogP contribution in [0.3, 0.4) is 0 Å². The molecule has 1 atom stereocenters. The number of hydrogen-bond acceptors (Lipinski definition) is 4. The van der Waals surface area contributed by atoms with Gasteiger partial charge in [0.1, 0.15) is 0 Å². The number of carbonyl (C=O) groups excluding carboxylic acids is 1. The molecule has 1 fully saturated rings. The predicted molar refractivity (Wildman–Crippen MR) is 133 cm³/mol. The largest absolute Gasteiger partial charge is 0.371 e. The maximum absolute atomic E-state index is 13.5. The summed E-state index contributed by atoms with van der Waals surface area (Å²) < 4.78 is 26.7. The van der Waals surface area contributed by atoms with Crippen LogP contribution in [-0.4, -0.2) is 45.8 Å². The monoisotopic (exact) mass is 465 g/mol. The van der Waals surface area contributed by atoms with Gasteiger partial charge in [0.15, 0.2) is 0 Å². The van der Waals surface area contributed by atoms with Crippen LogP contribution in [0.5, 0.6) is 0 Å². The van der Waals surface area contributed by atoms with E-state index in [1.165, 1.54) is 30.9 Å². The van der Waals surface area contributed by atoms with Gasteiger partial charge in [-0.05, 0) is 66.8 Å². The summed E-state index contributed by atoms with van der Waals surface area (Å²) in [6.45, 7) is 3.67. The van der Waals surface area contributed by atoms with Gasteiger partial charge in [-0.3, -0.25) is 4.79 Å². The van der Waals surface area contributed by atoms with Crippen LogP contribution in [0, 0.1) is 0 Å². The number of carbonyl (C=O) groups is 1. The van der Waals surface area contributed by atoms with Crippen molar-refractivity contribution in [1.82, 2.24) is 9.62 Å². The van der Waals surface area contributed by atoms with E-state index in [0.717, 1.165) is 48.0 Å². The summed E-state index contributed by atoms with van der Waals surface area (Å²) in [5.41, 5.74) is 2.18. The molecular weight excluding hydrogens is 434 g/mol. The first-order chi connectivity index (χ1) is 15.8. The van der Waals surface area contributed by atoms with E-state index in [0.29, 0.717) is 5.56 Å². The summed E-state index contributed by atoms with van der Waals surface area (Å²) in [4.78, 5) is 15.8. The number of nitrogens with zero attached hydrogens (tertiary/aromatic N) is 2. The van der Waals surface area contributed by atoms with Gasteiger partial charge in [-0.25, -0.2) is 12.7 Å². The predicted octanol–water partition coefficient (Wildman–Crippen LogP) is 4.57. The zero-order chi connectivity index (χ0) is 23.6. The summed E-state index contributed by atoms with van der Waals surface area (Å²) in [5.74, 6) is -0.271. The van der Waals surface area contributed by atoms with E-state index in [1.807, 2.05) is 25.1 Å². The van der Waals surface area contributed by atoms with E-state index in [4.69, 9.17) is 0 Å². The number of amides is 1. The quantitative estimate of drug-likeness (QED) is 0.579. The van der Waals surface area contributed by atoms with E-state index in [2.05, 4.69) is 34.5 Å². The Kier molecular flexibility index (Phi) is 6.72. The Balaban J connectivity index is 1.67. The third kappa shape index (κ3) is 4.89. The fourth-order valence-corrected chi connectivity index (χ4v) is 5.24. The Hall–Kier alpha value is -2.90. The van der Waals surface area contributed by atoms with Gasteiger partial charge >= 0.3 is 0 Å². The lowest BCUT2D eigenvalue weighted by molar-refractivity contribution is 0.0940. The number of piperidine rings is 1. The highest BCUT2D eigenvalue weighted by atomic mass is 32.2. The number of nitrogens with one attached hydrogen (secondary N) is 1. The molecule has 0 saturated carbocycles. The van der Waals surface area contributed by atoms with Crippen LogP contribution in [0.25, 0.3) is 10.8 Å². The van der Waals surface area contributed by atoms with E-state index in [1.54, 1.807) is 12.1 Å². The van der Waals surface area contributed by atoms with Crippen LogP contribution in [0.2, 0.25) is 0 Å². The molecule has 174 valence electrons. The molecule has 1 amide bonds. The fraction of sp³-hybridized carbons (Fsp3) is 0.346. The average molecular weight is 466 g/mol. The van der Waals surface area contributed by atoms with Gasteiger partial charge < -0.3 is 10.2 Å². The Morgan fingerprint density at radius 3 is 2.33 bits per heavy atom. The highest BCUT2D eigenvalue weighted by Gasteiger charge is 2.25. The molecule has 1 unspecified atom stereocenters. The normalized spacial score (nSPS) is 15.6. The number of hydrogen-bond donors (Lipinski definition) is 1. The van der Waals surface area contributed by atoms with Crippen LogP contribution in [0.4, 0.5) is 5.69 Å². The lowest BCUT2D eigenvalue weighted by atomic mass is 10.0. The van der Waals surface area contributed by atoms with Crippen LogP contribution in [0.15, 0.2) is 65.6 Å². The highest BCUT2D eigenvalue weighted by Crippen LogP contribution is 2.29. The Morgan fingerprint density at radius 1 is 0.939 bits per heavy atom. The SMILES string of the molecule is CC(NC(=O)c1cc(S(=O)(=O)N(C)C)ccc1N1CCCCC1)c1ccc2ccccc2c1. The second kappa shape index (κ2) is 9.53. The second-order valence-electron chi connectivity index (χ2n) is 8.82. The zero-order valence-corrected chi connectivity index (χ0v) is 20.2. The molecule has 0 spiro atoms. The number of fused-ring (bicyclic) bond motifs is 1. The topological polar surface area (TPSA) is 69.7 Å². The van der Waals surface area contributed by atoms with E-state index in [9.17, 15) is 13.2 Å². The first-order valence-corrected chi connectivity index (χ1v) is 12.8. The zero-order valence-electron chi connectivity index (χ0n) is 19.4. The molecule has 0 aromatic heterocycles. The minimum absolute atomic E-state index is 0.122. The van der Waals surface area contributed by atoms with Gasteiger partial charge in [0.05, 0.1) is 16.5 Å². The summed E-state index contributed by atoms with van der Waals surface area (Å²) in [6.07, 6.45) is 3.29. The molecule has 0 radical (unpaired) electrons. The van der Waals surface area contributed by atoms with Crippen molar-refractivity contribution in [2.45, 2.75) is 37.1 Å².